The van der Waals surface area contributed by atoms with Gasteiger partial charge in [0.05, 0.1) is 6.61 Å². The van der Waals surface area contributed by atoms with E-state index < -0.39 is 0 Å². The second-order valence-corrected chi connectivity index (χ2v) is 4.91. The Bertz CT molecular complexity index is 621. The average molecular weight is 285 g/mol. The fraction of sp³-hybridized carbons (Fsp3) is 0.294. The highest BCUT2D eigenvalue weighted by molar-refractivity contribution is 5.89. The maximum absolute atomic E-state index is 12.1. The number of benzene rings is 1. The maximum Gasteiger partial charge on any atom is 0.290 e. The molecule has 0 aliphatic rings. The van der Waals surface area contributed by atoms with Crippen molar-refractivity contribution in [3.05, 3.63) is 53.9 Å². The molecule has 0 unspecified atom stereocenters. The molecule has 4 heteroatoms. The van der Waals surface area contributed by atoms with Crippen molar-refractivity contribution in [2.75, 3.05) is 11.9 Å². The number of nitrogens with zero attached hydrogens (tertiary/aromatic N) is 1. The highest BCUT2D eigenvalue weighted by Crippen LogP contribution is 2.15. The first-order chi connectivity index (χ1) is 10.1. The lowest BCUT2D eigenvalue weighted by molar-refractivity contribution is -0.690. The van der Waals surface area contributed by atoms with Gasteiger partial charge < -0.3 is 10.1 Å². The normalized spacial score (nSPS) is 10.2. The van der Waals surface area contributed by atoms with E-state index in [1.807, 2.05) is 67.9 Å². The molecule has 4 nitrogen and oxygen atoms in total. The molecule has 0 radical (unpaired) electrons. The molecule has 2 rings (SSSR count). The number of nitrogens with one attached hydrogen (secondary N) is 1. The second-order valence-electron chi connectivity index (χ2n) is 4.91. The fourth-order valence-electron chi connectivity index (χ4n) is 2.08. The molecule has 0 saturated carbocycles. The van der Waals surface area contributed by atoms with Crippen molar-refractivity contribution in [2.45, 2.75) is 27.3 Å². The zero-order chi connectivity index (χ0) is 15.2. The van der Waals surface area contributed by atoms with Gasteiger partial charge in [-0.05, 0) is 44.2 Å². The first kappa shape index (κ1) is 15.0. The number of aryl methyl sites for hydroxylation is 1. The van der Waals surface area contributed by atoms with Gasteiger partial charge in [0.2, 0.25) is 6.54 Å². The summed E-state index contributed by atoms with van der Waals surface area (Å²) in [5, 5.41) is 2.89. The van der Waals surface area contributed by atoms with Gasteiger partial charge in [-0.1, -0.05) is 0 Å². The molecule has 1 aromatic carbocycles. The Kier molecular flexibility index (Phi) is 4.93. The van der Waals surface area contributed by atoms with Gasteiger partial charge in [-0.15, -0.1) is 0 Å². The SMILES string of the molecule is CCOc1ccc(NC(=O)C[n+]2cccc(C)c2C)cc1. The van der Waals surface area contributed by atoms with Crippen LogP contribution in [0.1, 0.15) is 18.2 Å². The van der Waals surface area contributed by atoms with Crippen molar-refractivity contribution in [1.29, 1.82) is 0 Å². The highest BCUT2D eigenvalue weighted by Gasteiger charge is 2.13. The van der Waals surface area contributed by atoms with E-state index in [2.05, 4.69) is 5.32 Å². The van der Waals surface area contributed by atoms with Crippen molar-refractivity contribution in [3.63, 3.8) is 0 Å². The van der Waals surface area contributed by atoms with Crippen LogP contribution in [-0.4, -0.2) is 12.5 Å². The van der Waals surface area contributed by atoms with E-state index in [1.54, 1.807) is 0 Å². The number of carbonyl (C=O) groups is 1. The van der Waals surface area contributed by atoms with Crippen molar-refractivity contribution >= 4 is 11.6 Å². The predicted octanol–water partition coefficient (Wildman–Crippen LogP) is 2.63. The Morgan fingerprint density at radius 2 is 1.90 bits per heavy atom. The van der Waals surface area contributed by atoms with Crippen molar-refractivity contribution in [3.8, 4) is 5.75 Å². The largest absolute Gasteiger partial charge is 0.494 e. The van der Waals surface area contributed by atoms with Crippen LogP contribution >= 0.6 is 0 Å². The van der Waals surface area contributed by atoms with Crippen LogP contribution in [-0.2, 0) is 11.3 Å². The molecular weight excluding hydrogens is 264 g/mol. The van der Waals surface area contributed by atoms with E-state index in [0.29, 0.717) is 13.2 Å². The lowest BCUT2D eigenvalue weighted by Gasteiger charge is -2.07. The van der Waals surface area contributed by atoms with E-state index in [4.69, 9.17) is 4.74 Å². The molecule has 1 amide bonds. The summed E-state index contributed by atoms with van der Waals surface area (Å²) in [4.78, 5) is 12.1. The summed E-state index contributed by atoms with van der Waals surface area (Å²) in [5.41, 5.74) is 3.04. The molecule has 1 aromatic heterocycles. The number of hydrogen-bond donors (Lipinski definition) is 1. The van der Waals surface area contributed by atoms with Gasteiger partial charge in [-0.3, -0.25) is 4.79 Å². The van der Waals surface area contributed by atoms with Gasteiger partial charge in [0.25, 0.3) is 5.91 Å². The summed E-state index contributed by atoms with van der Waals surface area (Å²) in [7, 11) is 0. The molecule has 0 bridgehead atoms. The molecule has 1 heterocycles. The van der Waals surface area contributed by atoms with Crippen LogP contribution < -0.4 is 14.6 Å². The highest BCUT2D eigenvalue weighted by atomic mass is 16.5. The van der Waals surface area contributed by atoms with Crippen molar-refractivity contribution in [1.82, 2.24) is 0 Å². The number of carbonyl (C=O) groups excluding carboxylic acids is 1. The summed E-state index contributed by atoms with van der Waals surface area (Å²) < 4.78 is 7.32. The first-order valence-electron chi connectivity index (χ1n) is 7.08. The Hall–Kier alpha value is -2.36. The van der Waals surface area contributed by atoms with Crippen LogP contribution in [0, 0.1) is 13.8 Å². The Morgan fingerprint density at radius 3 is 2.57 bits per heavy atom. The van der Waals surface area contributed by atoms with E-state index in [-0.39, 0.29) is 5.91 Å². The van der Waals surface area contributed by atoms with Crippen LogP contribution in [0.4, 0.5) is 5.69 Å². The van der Waals surface area contributed by atoms with Crippen LogP contribution in [0.3, 0.4) is 0 Å². The monoisotopic (exact) mass is 285 g/mol. The molecule has 2 aromatic rings. The van der Waals surface area contributed by atoms with Crippen molar-refractivity contribution in [2.24, 2.45) is 0 Å². The fourth-order valence-corrected chi connectivity index (χ4v) is 2.08. The Morgan fingerprint density at radius 1 is 1.19 bits per heavy atom. The van der Waals surface area contributed by atoms with Crippen LogP contribution in [0.25, 0.3) is 0 Å². The number of anilines is 1. The molecule has 1 N–H and O–H groups in total. The topological polar surface area (TPSA) is 42.2 Å². The molecule has 0 atom stereocenters. The summed E-state index contributed by atoms with van der Waals surface area (Å²) >= 11 is 0. The molecule has 0 aliphatic heterocycles. The molecule has 0 fully saturated rings. The quantitative estimate of drug-likeness (QED) is 0.858. The average Bonchev–Trinajstić information content (AvgIpc) is 2.46. The van der Waals surface area contributed by atoms with Gasteiger partial charge in [0, 0.05) is 24.2 Å². The predicted molar refractivity (Wildman–Crippen MR) is 82.4 cm³/mol. The smallest absolute Gasteiger partial charge is 0.290 e. The number of rotatable bonds is 5. The van der Waals surface area contributed by atoms with Crippen molar-refractivity contribution < 1.29 is 14.1 Å². The van der Waals surface area contributed by atoms with Crippen LogP contribution in [0.15, 0.2) is 42.6 Å². The molecule has 0 saturated heterocycles. The van der Waals surface area contributed by atoms with Gasteiger partial charge in [0.15, 0.2) is 11.9 Å². The number of amides is 1. The minimum atomic E-state index is -0.0436. The summed E-state index contributed by atoms with van der Waals surface area (Å²) in [5.74, 6) is 0.761. The third-order valence-electron chi connectivity index (χ3n) is 3.38. The maximum atomic E-state index is 12.1. The molecule has 110 valence electrons. The molecular formula is C17H21N2O2+. The first-order valence-corrected chi connectivity index (χ1v) is 7.08. The number of aromatic nitrogens is 1. The van der Waals surface area contributed by atoms with Crippen LogP contribution in [0.5, 0.6) is 5.75 Å². The minimum Gasteiger partial charge on any atom is -0.494 e. The lowest BCUT2D eigenvalue weighted by atomic mass is 10.2. The van der Waals surface area contributed by atoms with E-state index >= 15 is 0 Å². The Balaban J connectivity index is 1.99. The van der Waals surface area contributed by atoms with E-state index in [1.165, 1.54) is 5.56 Å². The van der Waals surface area contributed by atoms with Crippen LogP contribution in [0.2, 0.25) is 0 Å². The summed E-state index contributed by atoms with van der Waals surface area (Å²) in [6.45, 7) is 6.93. The second kappa shape index (κ2) is 6.88. The third-order valence-corrected chi connectivity index (χ3v) is 3.38. The Labute approximate surface area is 125 Å². The summed E-state index contributed by atoms with van der Waals surface area (Å²) in [6.07, 6.45) is 1.92. The zero-order valence-corrected chi connectivity index (χ0v) is 12.7. The lowest BCUT2D eigenvalue weighted by Crippen LogP contribution is -2.43. The molecule has 0 spiro atoms. The standard InChI is InChI=1S/C17H20N2O2/c1-4-21-16-9-7-15(8-10-16)18-17(20)12-19-11-5-6-13(2)14(19)3/h5-11H,4,12H2,1-3H3/p+1. The van der Waals surface area contributed by atoms with Gasteiger partial charge in [-0.2, -0.15) is 4.57 Å². The van der Waals surface area contributed by atoms with Gasteiger partial charge >= 0.3 is 0 Å². The number of hydrogen-bond acceptors (Lipinski definition) is 2. The minimum absolute atomic E-state index is 0.0436. The van der Waals surface area contributed by atoms with E-state index in [9.17, 15) is 4.79 Å². The van der Waals surface area contributed by atoms with Gasteiger partial charge in [0.1, 0.15) is 5.75 Å². The van der Waals surface area contributed by atoms with Gasteiger partial charge in [-0.25, -0.2) is 0 Å². The molecule has 21 heavy (non-hydrogen) atoms. The molecule has 0 aliphatic carbocycles. The van der Waals surface area contributed by atoms with E-state index in [0.717, 1.165) is 17.1 Å². The third kappa shape index (κ3) is 4.05. The number of ether oxygens (including phenoxy) is 1. The summed E-state index contributed by atoms with van der Waals surface area (Å²) in [6, 6.07) is 11.4. The zero-order valence-electron chi connectivity index (χ0n) is 12.7. The number of pyridine rings is 1.